The van der Waals surface area contributed by atoms with E-state index in [1.165, 1.54) is 24.5 Å². The molecular formula is C18H10F6N4. The van der Waals surface area contributed by atoms with Gasteiger partial charge in [0.15, 0.2) is 5.69 Å². The van der Waals surface area contributed by atoms with Crippen molar-refractivity contribution >= 4 is 10.9 Å². The number of alkyl halides is 6. The SMILES string of the molecule is FC(F)(F)c1ccc2[nH]c(-c3ccncc3-n3ccc(C(F)(F)F)n3)cc2c1. The third-order valence-corrected chi connectivity index (χ3v) is 4.16. The second-order valence-electron chi connectivity index (χ2n) is 6.02. The maximum absolute atomic E-state index is 12.9. The van der Waals surface area contributed by atoms with Crippen LogP contribution in [-0.4, -0.2) is 19.7 Å². The molecular weight excluding hydrogens is 386 g/mol. The highest BCUT2D eigenvalue weighted by Gasteiger charge is 2.34. The molecule has 1 N–H and O–H groups in total. The fraction of sp³-hybridized carbons (Fsp3) is 0.111. The number of benzene rings is 1. The fourth-order valence-corrected chi connectivity index (χ4v) is 2.86. The van der Waals surface area contributed by atoms with Crippen LogP contribution in [0, 0.1) is 0 Å². The van der Waals surface area contributed by atoms with Crippen molar-refractivity contribution in [3.8, 4) is 16.9 Å². The van der Waals surface area contributed by atoms with Crippen LogP contribution in [0.5, 0.6) is 0 Å². The Labute approximate surface area is 153 Å². The number of aromatic nitrogens is 4. The predicted octanol–water partition coefficient (Wildman–Crippen LogP) is 5.45. The van der Waals surface area contributed by atoms with Gasteiger partial charge in [0.1, 0.15) is 0 Å². The summed E-state index contributed by atoms with van der Waals surface area (Å²) in [5.74, 6) is 0. The molecule has 0 bridgehead atoms. The monoisotopic (exact) mass is 396 g/mol. The molecule has 0 atom stereocenters. The van der Waals surface area contributed by atoms with Crippen molar-refractivity contribution in [1.82, 2.24) is 19.7 Å². The van der Waals surface area contributed by atoms with Gasteiger partial charge in [0, 0.05) is 34.6 Å². The van der Waals surface area contributed by atoms with Crippen molar-refractivity contribution in [1.29, 1.82) is 0 Å². The van der Waals surface area contributed by atoms with E-state index in [0.29, 0.717) is 22.2 Å². The lowest BCUT2D eigenvalue weighted by molar-refractivity contribution is -0.141. The highest BCUT2D eigenvalue weighted by molar-refractivity contribution is 5.88. The van der Waals surface area contributed by atoms with E-state index in [0.717, 1.165) is 29.1 Å². The van der Waals surface area contributed by atoms with Crippen molar-refractivity contribution in [2.24, 2.45) is 0 Å². The molecule has 0 spiro atoms. The molecule has 144 valence electrons. The summed E-state index contributed by atoms with van der Waals surface area (Å²) in [6, 6.07) is 7.14. The molecule has 28 heavy (non-hydrogen) atoms. The van der Waals surface area contributed by atoms with Crippen LogP contribution in [0.4, 0.5) is 26.3 Å². The van der Waals surface area contributed by atoms with Crippen molar-refractivity contribution in [2.45, 2.75) is 12.4 Å². The first kappa shape index (κ1) is 18.1. The summed E-state index contributed by atoms with van der Waals surface area (Å²) in [7, 11) is 0. The van der Waals surface area contributed by atoms with E-state index in [4.69, 9.17) is 0 Å². The molecule has 0 amide bonds. The Hall–Kier alpha value is -3.30. The molecule has 0 aliphatic heterocycles. The van der Waals surface area contributed by atoms with E-state index in [9.17, 15) is 26.3 Å². The molecule has 4 nitrogen and oxygen atoms in total. The molecule has 0 radical (unpaired) electrons. The van der Waals surface area contributed by atoms with Gasteiger partial charge in [-0.1, -0.05) is 0 Å². The first-order valence-electron chi connectivity index (χ1n) is 7.90. The smallest absolute Gasteiger partial charge is 0.354 e. The van der Waals surface area contributed by atoms with E-state index < -0.39 is 23.6 Å². The molecule has 1 aromatic carbocycles. The average molecular weight is 396 g/mol. The van der Waals surface area contributed by atoms with Gasteiger partial charge in [0.05, 0.1) is 17.4 Å². The lowest BCUT2D eigenvalue weighted by atomic mass is 10.1. The number of pyridine rings is 1. The van der Waals surface area contributed by atoms with Gasteiger partial charge < -0.3 is 4.98 Å². The number of fused-ring (bicyclic) bond motifs is 1. The summed E-state index contributed by atoms with van der Waals surface area (Å²) in [4.78, 5) is 6.89. The zero-order valence-corrected chi connectivity index (χ0v) is 13.8. The number of aromatic amines is 1. The number of hydrogen-bond acceptors (Lipinski definition) is 2. The summed E-state index contributed by atoms with van der Waals surface area (Å²) in [5.41, 5.74) is -0.272. The van der Waals surface area contributed by atoms with Gasteiger partial charge in [0.25, 0.3) is 0 Å². The third-order valence-electron chi connectivity index (χ3n) is 4.16. The minimum absolute atomic E-state index is 0.251. The minimum atomic E-state index is -4.59. The molecule has 4 aromatic rings. The normalized spacial score (nSPS) is 12.6. The highest BCUT2D eigenvalue weighted by atomic mass is 19.4. The molecule has 3 aromatic heterocycles. The number of hydrogen-bond donors (Lipinski definition) is 1. The van der Waals surface area contributed by atoms with Gasteiger partial charge in [-0.3, -0.25) is 4.98 Å². The summed E-state index contributed by atoms with van der Waals surface area (Å²) in [6.45, 7) is 0. The van der Waals surface area contributed by atoms with Gasteiger partial charge >= 0.3 is 12.4 Å². The number of halogens is 6. The molecule has 10 heteroatoms. The van der Waals surface area contributed by atoms with Crippen molar-refractivity contribution in [3.63, 3.8) is 0 Å². The lowest BCUT2D eigenvalue weighted by Crippen LogP contribution is -2.07. The van der Waals surface area contributed by atoms with Crippen LogP contribution in [0.2, 0.25) is 0 Å². The van der Waals surface area contributed by atoms with Gasteiger partial charge in [-0.05, 0) is 36.4 Å². The van der Waals surface area contributed by atoms with Crippen LogP contribution in [0.1, 0.15) is 11.3 Å². The number of nitrogens with zero attached hydrogens (tertiary/aromatic N) is 3. The topological polar surface area (TPSA) is 46.5 Å². The zero-order valence-electron chi connectivity index (χ0n) is 13.8. The average Bonchev–Trinajstić information content (AvgIpc) is 3.27. The standard InChI is InChI=1S/C18H10F6N4/c19-17(20,21)11-1-2-13-10(7-11)8-14(26-13)12-3-5-25-9-15(12)28-6-4-16(27-28)18(22,23)24/h1-9,26H. The third kappa shape index (κ3) is 3.21. The summed E-state index contributed by atoms with van der Waals surface area (Å²) in [6.07, 6.45) is -5.16. The maximum atomic E-state index is 12.9. The van der Waals surface area contributed by atoms with Crippen LogP contribution < -0.4 is 0 Å². The van der Waals surface area contributed by atoms with Crippen LogP contribution in [0.15, 0.2) is 55.0 Å². The van der Waals surface area contributed by atoms with Crippen LogP contribution in [-0.2, 0) is 12.4 Å². The molecule has 0 saturated heterocycles. The Kier molecular flexibility index (Phi) is 3.95. The summed E-state index contributed by atoms with van der Waals surface area (Å²) in [5, 5.41) is 3.85. The molecule has 0 fully saturated rings. The number of nitrogens with one attached hydrogen (secondary N) is 1. The highest BCUT2D eigenvalue weighted by Crippen LogP contribution is 2.34. The van der Waals surface area contributed by atoms with Gasteiger partial charge in [-0.2, -0.15) is 31.4 Å². The van der Waals surface area contributed by atoms with Gasteiger partial charge in [-0.25, -0.2) is 4.68 Å². The van der Waals surface area contributed by atoms with Crippen LogP contribution in [0.25, 0.3) is 27.8 Å². The summed E-state index contributed by atoms with van der Waals surface area (Å²) >= 11 is 0. The van der Waals surface area contributed by atoms with Crippen molar-refractivity contribution in [2.75, 3.05) is 0 Å². The largest absolute Gasteiger partial charge is 0.435 e. The van der Waals surface area contributed by atoms with Crippen LogP contribution in [0.3, 0.4) is 0 Å². The van der Waals surface area contributed by atoms with Crippen molar-refractivity contribution in [3.05, 3.63) is 66.2 Å². The zero-order chi connectivity index (χ0) is 20.1. The molecule has 4 rings (SSSR count). The van der Waals surface area contributed by atoms with E-state index in [-0.39, 0.29) is 5.69 Å². The quantitative estimate of drug-likeness (QED) is 0.458. The Morgan fingerprint density at radius 3 is 2.36 bits per heavy atom. The molecule has 0 unspecified atom stereocenters. The second kappa shape index (κ2) is 6.11. The Balaban J connectivity index is 1.81. The molecule has 3 heterocycles. The Morgan fingerprint density at radius 2 is 1.68 bits per heavy atom. The first-order chi connectivity index (χ1) is 13.1. The minimum Gasteiger partial charge on any atom is -0.354 e. The Bertz CT molecular complexity index is 1150. The van der Waals surface area contributed by atoms with E-state index >= 15 is 0 Å². The molecule has 0 aliphatic rings. The number of H-pyrrole nitrogens is 1. The van der Waals surface area contributed by atoms with Gasteiger partial charge in [0.2, 0.25) is 0 Å². The maximum Gasteiger partial charge on any atom is 0.435 e. The van der Waals surface area contributed by atoms with E-state index in [1.807, 2.05) is 0 Å². The summed E-state index contributed by atoms with van der Waals surface area (Å²) < 4.78 is 78.2. The lowest BCUT2D eigenvalue weighted by Gasteiger charge is -2.08. The molecule has 0 aliphatic carbocycles. The Morgan fingerprint density at radius 1 is 0.893 bits per heavy atom. The van der Waals surface area contributed by atoms with E-state index in [1.54, 1.807) is 6.07 Å². The fourth-order valence-electron chi connectivity index (χ4n) is 2.86. The van der Waals surface area contributed by atoms with Crippen LogP contribution >= 0.6 is 0 Å². The predicted molar refractivity (Wildman–Crippen MR) is 88.7 cm³/mol. The second-order valence-corrected chi connectivity index (χ2v) is 6.02. The first-order valence-corrected chi connectivity index (χ1v) is 7.90. The molecule has 0 saturated carbocycles. The number of rotatable bonds is 2. The van der Waals surface area contributed by atoms with E-state index in [2.05, 4.69) is 15.1 Å². The van der Waals surface area contributed by atoms with Gasteiger partial charge in [-0.15, -0.1) is 0 Å². The van der Waals surface area contributed by atoms with Crippen molar-refractivity contribution < 1.29 is 26.3 Å².